The molecule has 2 unspecified atom stereocenters. The number of aliphatic hydroxyl groups is 1. The van der Waals surface area contributed by atoms with Crippen molar-refractivity contribution in [2.24, 2.45) is 0 Å². The number of allylic oxidation sites excluding steroid dienone is 2. The number of rotatable bonds is 7. The second kappa shape index (κ2) is 11.7. The second-order valence-electron chi connectivity index (χ2n) is 11.5. The molecule has 2 bridgehead atoms. The van der Waals surface area contributed by atoms with Crippen molar-refractivity contribution in [3.63, 3.8) is 0 Å². The van der Waals surface area contributed by atoms with Crippen molar-refractivity contribution >= 4 is 29.2 Å². The van der Waals surface area contributed by atoms with Crippen LogP contribution in [0.25, 0.3) is 0 Å². The number of nitrogens with zero attached hydrogens (tertiary/aromatic N) is 3. The maximum absolute atomic E-state index is 13.9. The van der Waals surface area contributed by atoms with E-state index in [9.17, 15) is 39.4 Å². The van der Waals surface area contributed by atoms with Crippen LogP contribution in [0, 0.1) is 18.3 Å². The number of ether oxygens (including phenoxy) is 3. The first kappa shape index (κ1) is 31.8. The Balaban J connectivity index is 1.79. The van der Waals surface area contributed by atoms with Gasteiger partial charge < -0.3 is 29.7 Å². The number of methoxy groups -OCH3 is 2. The molecule has 1 amide bonds. The summed E-state index contributed by atoms with van der Waals surface area (Å²) in [7, 11) is 4.39. The van der Waals surface area contributed by atoms with E-state index >= 15 is 0 Å². The first-order valence-electron chi connectivity index (χ1n) is 14.3. The minimum absolute atomic E-state index is 0.00362. The predicted molar refractivity (Wildman–Crippen MR) is 154 cm³/mol. The van der Waals surface area contributed by atoms with Crippen molar-refractivity contribution in [2.45, 2.75) is 63.8 Å². The molecule has 3 heterocycles. The van der Waals surface area contributed by atoms with Crippen LogP contribution in [0.3, 0.4) is 0 Å². The number of phenolic OH excluding ortho intramolecular Hbond substituents is 1. The lowest BCUT2D eigenvalue weighted by Gasteiger charge is -2.60. The van der Waals surface area contributed by atoms with Gasteiger partial charge in [0.2, 0.25) is 11.6 Å². The Labute approximate surface area is 258 Å². The number of Topliss-reactive ketones (excluding diaryl/α,β-unsaturated/α-hetero) is 3. The first-order chi connectivity index (χ1) is 21.3. The molecule has 0 saturated carbocycles. The summed E-state index contributed by atoms with van der Waals surface area (Å²) in [6.07, 6.45) is 0.104. The van der Waals surface area contributed by atoms with Crippen LogP contribution in [0.1, 0.15) is 43.0 Å². The quantitative estimate of drug-likeness (QED) is 0.158. The topological polar surface area (TPSA) is 196 Å². The van der Waals surface area contributed by atoms with Crippen molar-refractivity contribution in [1.82, 2.24) is 15.1 Å². The van der Waals surface area contributed by atoms with E-state index < -0.39 is 60.3 Å². The van der Waals surface area contributed by atoms with E-state index in [-0.39, 0.29) is 70.5 Å². The lowest BCUT2D eigenvalue weighted by molar-refractivity contribution is -0.137. The zero-order valence-electron chi connectivity index (χ0n) is 25.7. The fourth-order valence-corrected chi connectivity index (χ4v) is 7.44. The highest BCUT2D eigenvalue weighted by Crippen LogP contribution is 2.54. The van der Waals surface area contributed by atoms with Gasteiger partial charge in [-0.2, -0.15) is 5.26 Å². The Bertz CT molecular complexity index is 1650. The Morgan fingerprint density at radius 2 is 1.76 bits per heavy atom. The molecule has 1 aliphatic carbocycles. The van der Waals surface area contributed by atoms with E-state index in [1.165, 1.54) is 21.1 Å². The summed E-state index contributed by atoms with van der Waals surface area (Å²) in [4.78, 5) is 67.9. The van der Waals surface area contributed by atoms with Crippen LogP contribution >= 0.6 is 0 Å². The molecule has 45 heavy (non-hydrogen) atoms. The number of esters is 1. The molecule has 3 aliphatic heterocycles. The molecule has 1 fully saturated rings. The third-order valence-corrected chi connectivity index (χ3v) is 9.35. The van der Waals surface area contributed by atoms with Crippen LogP contribution in [0.2, 0.25) is 0 Å². The SMILES string of the molecule is COC1=C(C)C(=O)C2=C(C1=O)C1[C@@H]3Cc4c(OC(=O)CO)c(C)c(OC)c(O)c4[C@H](CNC(=O)C(C)=O)N3[C@@H](C#N)C(C2)N1C. The third-order valence-electron chi connectivity index (χ3n) is 9.35. The van der Waals surface area contributed by atoms with E-state index in [2.05, 4.69) is 11.4 Å². The minimum Gasteiger partial charge on any atom is -0.504 e. The van der Waals surface area contributed by atoms with E-state index in [1.54, 1.807) is 18.9 Å². The lowest BCUT2D eigenvalue weighted by atomic mass is 9.68. The van der Waals surface area contributed by atoms with Gasteiger partial charge in [-0.3, -0.25) is 29.0 Å². The molecular formula is C31H34N4O10. The molecule has 0 aromatic heterocycles. The number of carbonyl (C=O) groups excluding carboxylic acids is 5. The summed E-state index contributed by atoms with van der Waals surface area (Å²) in [5, 5.41) is 34.3. The average Bonchev–Trinajstić information content (AvgIpc) is 3.00. The maximum atomic E-state index is 13.9. The molecule has 14 heteroatoms. The standard InChI is InChI=1S/C31H34N4O10/c1-12-25(39)15-7-17-19(9-32)35-18(24(34(17)4)23(15)27(41)29(12)43-5)8-16-22(20(35)10-33-31(42)14(3)37)26(40)30(44-6)13(2)28(16)45-21(38)11-36/h17-20,24,36,40H,7-8,10-11H2,1-6H3,(H,33,42)/t17?,18-,19-,20-,24?/m0/s1. The number of amides is 1. The normalized spacial score (nSPS) is 26.0. The number of hydrogen-bond acceptors (Lipinski definition) is 13. The molecule has 4 aliphatic rings. The van der Waals surface area contributed by atoms with Gasteiger partial charge in [-0.25, -0.2) is 4.79 Å². The number of piperazine rings is 1. The fourth-order valence-electron chi connectivity index (χ4n) is 7.44. The van der Waals surface area contributed by atoms with Crippen LogP contribution in [0.5, 0.6) is 17.2 Å². The van der Waals surface area contributed by atoms with Gasteiger partial charge in [-0.15, -0.1) is 0 Å². The smallest absolute Gasteiger partial charge is 0.337 e. The van der Waals surface area contributed by atoms with Gasteiger partial charge in [0.1, 0.15) is 18.4 Å². The number of likely N-dealkylation sites (N-methyl/N-ethyl adjacent to an activating group) is 1. The summed E-state index contributed by atoms with van der Waals surface area (Å²) in [5.74, 6) is -3.84. The monoisotopic (exact) mass is 622 g/mol. The van der Waals surface area contributed by atoms with E-state index in [1.807, 2.05) is 4.90 Å². The summed E-state index contributed by atoms with van der Waals surface area (Å²) in [5.41, 5.74) is 1.47. The number of nitrogens with one attached hydrogen (secondary N) is 1. The Morgan fingerprint density at radius 1 is 1.07 bits per heavy atom. The molecule has 5 rings (SSSR count). The molecule has 14 nitrogen and oxygen atoms in total. The number of aromatic hydroxyl groups is 1. The van der Waals surface area contributed by atoms with Gasteiger partial charge in [0.15, 0.2) is 23.0 Å². The number of ketones is 3. The van der Waals surface area contributed by atoms with Crippen molar-refractivity contribution in [3.05, 3.63) is 39.2 Å². The van der Waals surface area contributed by atoms with Gasteiger partial charge in [-0.05, 0) is 33.7 Å². The molecule has 3 N–H and O–H groups in total. The highest BCUT2D eigenvalue weighted by atomic mass is 16.5. The Hall–Kier alpha value is -4.58. The zero-order chi connectivity index (χ0) is 33.1. The van der Waals surface area contributed by atoms with Crippen LogP contribution in [-0.2, 0) is 35.1 Å². The average molecular weight is 623 g/mol. The molecule has 238 valence electrons. The van der Waals surface area contributed by atoms with Crippen molar-refractivity contribution in [1.29, 1.82) is 5.26 Å². The molecule has 1 aromatic rings. The first-order valence-corrected chi connectivity index (χ1v) is 14.3. The highest BCUT2D eigenvalue weighted by Gasteiger charge is 2.58. The number of fused-ring (bicyclic) bond motifs is 6. The molecule has 1 saturated heterocycles. The van der Waals surface area contributed by atoms with Crippen molar-refractivity contribution in [3.8, 4) is 23.3 Å². The lowest BCUT2D eigenvalue weighted by Crippen LogP contribution is -2.72. The zero-order valence-corrected chi connectivity index (χ0v) is 25.7. The summed E-state index contributed by atoms with van der Waals surface area (Å²) in [6.45, 7) is 2.99. The third kappa shape index (κ3) is 4.70. The van der Waals surface area contributed by atoms with Crippen molar-refractivity contribution < 1.29 is 48.4 Å². The van der Waals surface area contributed by atoms with Crippen LogP contribution in [0.15, 0.2) is 22.5 Å². The van der Waals surface area contributed by atoms with E-state index in [0.717, 1.165) is 6.92 Å². The number of hydrogen-bond donors (Lipinski definition) is 3. The molecule has 0 spiro atoms. The Kier molecular flexibility index (Phi) is 8.30. The van der Waals surface area contributed by atoms with Crippen LogP contribution in [0.4, 0.5) is 0 Å². The Morgan fingerprint density at radius 3 is 2.33 bits per heavy atom. The second-order valence-corrected chi connectivity index (χ2v) is 11.5. The fraction of sp³-hybridized carbons (Fsp3) is 0.484. The number of benzene rings is 1. The highest BCUT2D eigenvalue weighted by molar-refractivity contribution is 6.35. The van der Waals surface area contributed by atoms with Gasteiger partial charge in [0.25, 0.3) is 5.91 Å². The minimum atomic E-state index is -0.984. The van der Waals surface area contributed by atoms with Crippen molar-refractivity contribution in [2.75, 3.05) is 34.4 Å². The van der Waals surface area contributed by atoms with Gasteiger partial charge in [0, 0.05) is 59.0 Å². The molecule has 0 radical (unpaired) electrons. The van der Waals surface area contributed by atoms with E-state index in [4.69, 9.17) is 14.2 Å². The molecule has 5 atom stereocenters. The van der Waals surface area contributed by atoms with Crippen LogP contribution in [-0.4, -0.2) is 108 Å². The predicted octanol–water partition coefficient (Wildman–Crippen LogP) is -0.0728. The number of aliphatic hydroxyl groups excluding tert-OH is 1. The molecule has 1 aromatic carbocycles. The largest absolute Gasteiger partial charge is 0.504 e. The van der Waals surface area contributed by atoms with Gasteiger partial charge in [0.05, 0.1) is 32.4 Å². The molecular weight excluding hydrogens is 588 g/mol. The van der Waals surface area contributed by atoms with Crippen LogP contribution < -0.4 is 14.8 Å². The summed E-state index contributed by atoms with van der Waals surface area (Å²) < 4.78 is 16.4. The van der Waals surface area contributed by atoms with Gasteiger partial charge >= 0.3 is 5.97 Å². The van der Waals surface area contributed by atoms with Gasteiger partial charge in [-0.1, -0.05) is 0 Å². The number of phenols is 1. The number of nitriles is 1. The summed E-state index contributed by atoms with van der Waals surface area (Å²) in [6, 6.07) is -1.62. The maximum Gasteiger partial charge on any atom is 0.337 e. The summed E-state index contributed by atoms with van der Waals surface area (Å²) >= 11 is 0. The van der Waals surface area contributed by atoms with E-state index in [0.29, 0.717) is 11.1 Å². The number of carbonyl (C=O) groups is 5.